The van der Waals surface area contributed by atoms with E-state index >= 15 is 0 Å². The molecule has 33 heavy (non-hydrogen) atoms. The van der Waals surface area contributed by atoms with Gasteiger partial charge in [-0.1, -0.05) is 78.3 Å². The Bertz CT molecular complexity index is 1310. The third-order valence-corrected chi connectivity index (χ3v) is 6.47. The zero-order valence-electron chi connectivity index (χ0n) is 18.1. The van der Waals surface area contributed by atoms with Gasteiger partial charge in [0.15, 0.2) is 0 Å². The maximum absolute atomic E-state index is 6.26. The number of allylic oxidation sites excluding steroid dienone is 1. The second-order valence-electron chi connectivity index (χ2n) is 7.60. The fourth-order valence-electron chi connectivity index (χ4n) is 3.76. The zero-order valence-corrected chi connectivity index (χ0v) is 19.7. The van der Waals surface area contributed by atoms with Gasteiger partial charge in [-0.15, -0.1) is 11.3 Å². The third-order valence-electron chi connectivity index (χ3n) is 5.35. The van der Waals surface area contributed by atoms with Crippen LogP contribution in [0.2, 0.25) is 5.02 Å². The van der Waals surface area contributed by atoms with Gasteiger partial charge < -0.3 is 5.32 Å². The van der Waals surface area contributed by atoms with Crippen LogP contribution in [0.25, 0.3) is 21.8 Å². The fraction of sp³-hybridized carbons (Fsp3) is 0.0741. The molecule has 1 aliphatic rings. The number of thiazole rings is 1. The van der Waals surface area contributed by atoms with Crippen LogP contribution in [0.4, 0.5) is 5.69 Å². The Labute approximate surface area is 202 Å². The lowest BCUT2D eigenvalue weighted by atomic mass is 10.00. The molecule has 0 bridgehead atoms. The van der Waals surface area contributed by atoms with E-state index in [2.05, 4.69) is 70.7 Å². The Kier molecular flexibility index (Phi) is 6.15. The van der Waals surface area contributed by atoms with Gasteiger partial charge in [-0.25, -0.2) is 4.98 Å². The summed E-state index contributed by atoms with van der Waals surface area (Å²) in [5.74, 6) is 0. The molecule has 0 amide bonds. The van der Waals surface area contributed by atoms with Crippen molar-refractivity contribution in [1.29, 1.82) is 0 Å². The Balaban J connectivity index is 1.65. The average Bonchev–Trinajstić information content (AvgIpc) is 3.34. The van der Waals surface area contributed by atoms with E-state index in [0.717, 1.165) is 51.0 Å². The molecule has 0 saturated carbocycles. The van der Waals surface area contributed by atoms with Gasteiger partial charge in [0.25, 0.3) is 0 Å². The summed E-state index contributed by atoms with van der Waals surface area (Å²) in [6, 6.07) is 28.4. The summed E-state index contributed by atoms with van der Waals surface area (Å²) in [6.45, 7) is 2.92. The van der Waals surface area contributed by atoms with Crippen LogP contribution in [-0.4, -0.2) is 16.5 Å². The van der Waals surface area contributed by atoms with Crippen LogP contribution in [0.5, 0.6) is 0 Å². The van der Waals surface area contributed by atoms with Crippen LogP contribution < -0.4 is 10.7 Å². The summed E-state index contributed by atoms with van der Waals surface area (Å²) in [7, 11) is 0. The zero-order chi connectivity index (χ0) is 22.6. The molecule has 4 nitrogen and oxygen atoms in total. The normalized spacial score (nSPS) is 13.5. The molecule has 3 aromatic carbocycles. The van der Waals surface area contributed by atoms with Crippen LogP contribution in [0, 0.1) is 0 Å². The van der Waals surface area contributed by atoms with Crippen molar-refractivity contribution in [2.24, 2.45) is 0 Å². The van der Waals surface area contributed by atoms with Gasteiger partial charge in [-0.05, 0) is 25.1 Å². The highest BCUT2D eigenvalue weighted by Gasteiger charge is 2.24. The minimum absolute atomic E-state index is 0.690. The number of hydrogen-bond acceptors (Lipinski definition) is 5. The van der Waals surface area contributed by atoms with Crippen molar-refractivity contribution >= 4 is 39.9 Å². The van der Waals surface area contributed by atoms with E-state index in [-0.39, 0.29) is 0 Å². The number of hydrazine groups is 1. The van der Waals surface area contributed by atoms with E-state index < -0.39 is 0 Å². The fourth-order valence-corrected chi connectivity index (χ4v) is 4.76. The van der Waals surface area contributed by atoms with Gasteiger partial charge in [-0.3, -0.25) is 10.4 Å². The number of nitrogens with zero attached hydrogens (tertiary/aromatic N) is 2. The molecule has 0 fully saturated rings. The van der Waals surface area contributed by atoms with Crippen molar-refractivity contribution in [3.05, 3.63) is 118 Å². The number of halogens is 1. The van der Waals surface area contributed by atoms with Crippen LogP contribution in [-0.2, 0) is 0 Å². The van der Waals surface area contributed by atoms with Crippen LogP contribution in [0.3, 0.4) is 0 Å². The summed E-state index contributed by atoms with van der Waals surface area (Å²) in [5, 5.41) is 9.46. The van der Waals surface area contributed by atoms with Gasteiger partial charge in [0.05, 0.1) is 22.7 Å². The second kappa shape index (κ2) is 9.53. The van der Waals surface area contributed by atoms with Crippen molar-refractivity contribution in [2.75, 3.05) is 11.9 Å². The highest BCUT2D eigenvalue weighted by molar-refractivity contribution is 7.13. The molecule has 6 heteroatoms. The molecule has 1 aromatic heterocycles. The maximum atomic E-state index is 6.26. The standard InChI is InChI=1S/C27H23ClN4S/c1-2-32-17-23(29-22-15-9-14-21(28)16-22)25(26(31-32)19-10-5-3-6-11-19)24-18-33-27(30-24)20-12-7-4-8-13-20/h3-18,29,31H,2H2,1H3. The largest absolute Gasteiger partial charge is 0.354 e. The highest BCUT2D eigenvalue weighted by atomic mass is 35.5. The van der Waals surface area contributed by atoms with Crippen LogP contribution in [0.1, 0.15) is 18.2 Å². The summed E-state index contributed by atoms with van der Waals surface area (Å²) in [4.78, 5) is 5.04. The van der Waals surface area contributed by atoms with Gasteiger partial charge in [0.2, 0.25) is 0 Å². The van der Waals surface area contributed by atoms with Gasteiger partial charge in [-0.2, -0.15) is 0 Å². The maximum Gasteiger partial charge on any atom is 0.124 e. The van der Waals surface area contributed by atoms with Crippen molar-refractivity contribution < 1.29 is 0 Å². The first-order valence-electron chi connectivity index (χ1n) is 10.8. The Morgan fingerprint density at radius 3 is 2.36 bits per heavy atom. The molecule has 4 aromatic rings. The molecular weight excluding hydrogens is 448 g/mol. The van der Waals surface area contributed by atoms with Crippen LogP contribution >= 0.6 is 22.9 Å². The Hall–Kier alpha value is -3.54. The molecule has 2 heterocycles. The van der Waals surface area contributed by atoms with E-state index in [9.17, 15) is 0 Å². The molecular formula is C27H23ClN4S. The quantitative estimate of drug-likeness (QED) is 0.314. The summed E-state index contributed by atoms with van der Waals surface area (Å²) >= 11 is 7.91. The van der Waals surface area contributed by atoms with Crippen molar-refractivity contribution in [3.63, 3.8) is 0 Å². The molecule has 0 unspecified atom stereocenters. The lowest BCUT2D eigenvalue weighted by Gasteiger charge is -2.32. The number of hydrogen-bond donors (Lipinski definition) is 2. The molecule has 164 valence electrons. The molecule has 0 atom stereocenters. The highest BCUT2D eigenvalue weighted by Crippen LogP contribution is 2.37. The predicted octanol–water partition coefficient (Wildman–Crippen LogP) is 7.13. The summed E-state index contributed by atoms with van der Waals surface area (Å²) in [5.41, 5.74) is 10.6. The lowest BCUT2D eigenvalue weighted by molar-refractivity contribution is 0.338. The number of anilines is 1. The van der Waals surface area contributed by atoms with E-state index in [1.54, 1.807) is 11.3 Å². The molecule has 5 rings (SSSR count). The monoisotopic (exact) mass is 470 g/mol. The number of nitrogens with one attached hydrogen (secondary N) is 2. The lowest BCUT2D eigenvalue weighted by Crippen LogP contribution is -2.36. The molecule has 0 spiro atoms. The van der Waals surface area contributed by atoms with E-state index in [0.29, 0.717) is 5.02 Å². The Morgan fingerprint density at radius 1 is 0.939 bits per heavy atom. The van der Waals surface area contributed by atoms with Crippen LogP contribution in [0.15, 0.2) is 102 Å². The molecule has 0 aliphatic carbocycles. The topological polar surface area (TPSA) is 40.2 Å². The molecule has 0 radical (unpaired) electrons. The van der Waals surface area contributed by atoms with Crippen molar-refractivity contribution in [2.45, 2.75) is 6.92 Å². The van der Waals surface area contributed by atoms with Gasteiger partial charge in [0, 0.05) is 40.0 Å². The molecule has 1 aliphatic heterocycles. The van der Waals surface area contributed by atoms with E-state index in [1.165, 1.54) is 0 Å². The van der Waals surface area contributed by atoms with Crippen molar-refractivity contribution in [3.8, 4) is 10.6 Å². The van der Waals surface area contributed by atoms with Gasteiger partial charge in [0.1, 0.15) is 5.01 Å². The molecule has 2 N–H and O–H groups in total. The number of rotatable bonds is 6. The van der Waals surface area contributed by atoms with Crippen molar-refractivity contribution in [1.82, 2.24) is 15.4 Å². The van der Waals surface area contributed by atoms with E-state index in [4.69, 9.17) is 16.6 Å². The third kappa shape index (κ3) is 4.65. The predicted molar refractivity (Wildman–Crippen MR) is 139 cm³/mol. The van der Waals surface area contributed by atoms with Gasteiger partial charge >= 0.3 is 0 Å². The minimum atomic E-state index is 0.690. The smallest absolute Gasteiger partial charge is 0.124 e. The first-order chi connectivity index (χ1) is 16.2. The molecule has 0 saturated heterocycles. The second-order valence-corrected chi connectivity index (χ2v) is 8.89. The number of aromatic nitrogens is 1. The average molecular weight is 471 g/mol. The first kappa shape index (κ1) is 21.3. The first-order valence-corrected chi connectivity index (χ1v) is 12.1. The van der Waals surface area contributed by atoms with E-state index in [1.807, 2.05) is 48.5 Å². The minimum Gasteiger partial charge on any atom is -0.354 e. The Morgan fingerprint density at radius 2 is 1.67 bits per heavy atom. The SMILES string of the molecule is CCN1C=C(Nc2cccc(Cl)c2)C(c2csc(-c3ccccc3)n2)=C(c2ccccc2)N1. The number of benzene rings is 3. The summed E-state index contributed by atoms with van der Waals surface area (Å²) in [6.07, 6.45) is 2.09. The summed E-state index contributed by atoms with van der Waals surface area (Å²) < 4.78 is 0.